The van der Waals surface area contributed by atoms with E-state index in [-0.39, 0.29) is 0 Å². The van der Waals surface area contributed by atoms with Gasteiger partial charge in [0, 0.05) is 26.0 Å². The lowest BCUT2D eigenvalue weighted by Gasteiger charge is -2.24. The third-order valence-electron chi connectivity index (χ3n) is 2.10. The maximum atomic E-state index is 2.25. The molecule has 0 radical (unpaired) electrons. The molecule has 0 aromatic rings. The van der Waals surface area contributed by atoms with Crippen molar-refractivity contribution in [2.24, 2.45) is 0 Å². The van der Waals surface area contributed by atoms with Crippen LogP contribution in [-0.4, -0.2) is 30.1 Å². The summed E-state index contributed by atoms with van der Waals surface area (Å²) < 4.78 is 0. The maximum absolute atomic E-state index is 2.25. The molecule has 0 fully saturated rings. The summed E-state index contributed by atoms with van der Waals surface area (Å²) in [6.07, 6.45) is 2.69. The van der Waals surface area contributed by atoms with E-state index in [0.717, 1.165) is 0 Å². The summed E-state index contributed by atoms with van der Waals surface area (Å²) >= 11 is 0. The van der Waals surface area contributed by atoms with E-state index < -0.39 is 0 Å². The highest BCUT2D eigenvalue weighted by Crippen LogP contribution is 2.16. The molecule has 2 heteroatoms. The first kappa shape index (κ1) is 6.46. The first-order valence-electron chi connectivity index (χ1n) is 3.26. The SMILES string of the molecule is CC1=CN(C)C(C)N1C. The van der Waals surface area contributed by atoms with Crippen LogP contribution < -0.4 is 0 Å². The minimum Gasteiger partial charge on any atom is -0.359 e. The summed E-state index contributed by atoms with van der Waals surface area (Å²) in [6.45, 7) is 4.31. The Hall–Kier alpha value is -0.660. The molecule has 1 rings (SSSR count). The van der Waals surface area contributed by atoms with Crippen molar-refractivity contribution < 1.29 is 0 Å². The average molecular weight is 126 g/mol. The molecule has 52 valence electrons. The van der Waals surface area contributed by atoms with Crippen LogP contribution in [0, 0.1) is 0 Å². The van der Waals surface area contributed by atoms with Gasteiger partial charge in [0.25, 0.3) is 0 Å². The number of rotatable bonds is 0. The van der Waals surface area contributed by atoms with Crippen LogP contribution in [0.4, 0.5) is 0 Å². The zero-order chi connectivity index (χ0) is 7.02. The Morgan fingerprint density at radius 2 is 2.00 bits per heavy atom. The van der Waals surface area contributed by atoms with Gasteiger partial charge in [-0.2, -0.15) is 0 Å². The Balaban J connectivity index is 2.70. The second kappa shape index (κ2) is 1.94. The Morgan fingerprint density at radius 3 is 2.11 bits per heavy atom. The zero-order valence-corrected chi connectivity index (χ0v) is 6.55. The van der Waals surface area contributed by atoms with E-state index in [1.165, 1.54) is 5.70 Å². The van der Waals surface area contributed by atoms with Gasteiger partial charge < -0.3 is 9.80 Å². The highest BCUT2D eigenvalue weighted by molar-refractivity contribution is 5.03. The summed E-state index contributed by atoms with van der Waals surface area (Å²) in [5.74, 6) is 0. The molecular formula is C7H14N2. The average Bonchev–Trinajstić information content (AvgIpc) is 1.98. The molecule has 0 saturated carbocycles. The van der Waals surface area contributed by atoms with E-state index >= 15 is 0 Å². The molecule has 1 aliphatic rings. The summed E-state index contributed by atoms with van der Waals surface area (Å²) in [5, 5.41) is 0. The molecule has 0 aliphatic carbocycles. The molecule has 1 aliphatic heterocycles. The fraction of sp³-hybridized carbons (Fsp3) is 0.714. The maximum Gasteiger partial charge on any atom is 0.0974 e. The number of hydrogen-bond donors (Lipinski definition) is 0. The highest BCUT2D eigenvalue weighted by atomic mass is 15.4. The smallest absolute Gasteiger partial charge is 0.0974 e. The van der Waals surface area contributed by atoms with Crippen LogP contribution in [0.15, 0.2) is 11.9 Å². The quantitative estimate of drug-likeness (QED) is 0.479. The van der Waals surface area contributed by atoms with Gasteiger partial charge in [0.2, 0.25) is 0 Å². The molecule has 0 saturated heterocycles. The fourth-order valence-electron chi connectivity index (χ4n) is 1.06. The van der Waals surface area contributed by atoms with E-state index in [9.17, 15) is 0 Å². The van der Waals surface area contributed by atoms with E-state index in [0.29, 0.717) is 6.17 Å². The summed E-state index contributed by atoms with van der Waals surface area (Å²) in [5.41, 5.74) is 1.34. The van der Waals surface area contributed by atoms with Crippen molar-refractivity contribution in [2.75, 3.05) is 14.1 Å². The molecule has 0 bridgehead atoms. The van der Waals surface area contributed by atoms with Gasteiger partial charge in [-0.3, -0.25) is 0 Å². The highest BCUT2D eigenvalue weighted by Gasteiger charge is 2.18. The fourth-order valence-corrected chi connectivity index (χ4v) is 1.06. The van der Waals surface area contributed by atoms with E-state index in [2.05, 4.69) is 43.9 Å². The molecule has 0 N–H and O–H groups in total. The van der Waals surface area contributed by atoms with Crippen LogP contribution in [0.5, 0.6) is 0 Å². The van der Waals surface area contributed by atoms with Gasteiger partial charge in [0.05, 0.1) is 6.17 Å². The lowest BCUT2D eigenvalue weighted by Crippen LogP contribution is -2.31. The molecule has 0 aromatic heterocycles. The lowest BCUT2D eigenvalue weighted by molar-refractivity contribution is 0.217. The number of allylic oxidation sites excluding steroid dienone is 1. The van der Waals surface area contributed by atoms with Crippen molar-refractivity contribution in [2.45, 2.75) is 20.0 Å². The van der Waals surface area contributed by atoms with Crippen LogP contribution in [0.2, 0.25) is 0 Å². The minimum atomic E-state index is 0.532. The van der Waals surface area contributed by atoms with Crippen molar-refractivity contribution in [3.8, 4) is 0 Å². The van der Waals surface area contributed by atoms with E-state index in [1.807, 2.05) is 0 Å². The molecular weight excluding hydrogens is 112 g/mol. The van der Waals surface area contributed by atoms with E-state index in [1.54, 1.807) is 0 Å². The van der Waals surface area contributed by atoms with Crippen molar-refractivity contribution in [1.29, 1.82) is 0 Å². The normalized spacial score (nSPS) is 27.1. The third-order valence-corrected chi connectivity index (χ3v) is 2.10. The van der Waals surface area contributed by atoms with Gasteiger partial charge in [0.1, 0.15) is 0 Å². The van der Waals surface area contributed by atoms with Gasteiger partial charge in [-0.1, -0.05) is 0 Å². The van der Waals surface area contributed by atoms with Crippen molar-refractivity contribution in [3.05, 3.63) is 11.9 Å². The summed E-state index contributed by atoms with van der Waals surface area (Å²) in [6, 6.07) is 0. The van der Waals surface area contributed by atoms with Crippen LogP contribution in [0.25, 0.3) is 0 Å². The van der Waals surface area contributed by atoms with Crippen LogP contribution >= 0.6 is 0 Å². The van der Waals surface area contributed by atoms with Crippen molar-refractivity contribution in [1.82, 2.24) is 9.80 Å². The lowest BCUT2D eigenvalue weighted by atomic mass is 10.5. The summed E-state index contributed by atoms with van der Waals surface area (Å²) in [4.78, 5) is 4.45. The monoisotopic (exact) mass is 126 g/mol. The van der Waals surface area contributed by atoms with Gasteiger partial charge >= 0.3 is 0 Å². The van der Waals surface area contributed by atoms with Gasteiger partial charge in [-0.15, -0.1) is 0 Å². The Kier molecular flexibility index (Phi) is 1.39. The Morgan fingerprint density at radius 1 is 1.44 bits per heavy atom. The number of hydrogen-bond acceptors (Lipinski definition) is 2. The topological polar surface area (TPSA) is 6.48 Å². The first-order chi connectivity index (χ1) is 4.13. The number of nitrogens with zero attached hydrogens (tertiary/aromatic N) is 2. The second-order valence-electron chi connectivity index (χ2n) is 2.68. The second-order valence-corrected chi connectivity index (χ2v) is 2.68. The van der Waals surface area contributed by atoms with Gasteiger partial charge in [0.15, 0.2) is 0 Å². The molecule has 0 amide bonds. The van der Waals surface area contributed by atoms with Crippen LogP contribution in [0.3, 0.4) is 0 Å². The summed E-state index contributed by atoms with van der Waals surface area (Å²) in [7, 11) is 4.21. The molecule has 1 heterocycles. The molecule has 1 unspecified atom stereocenters. The zero-order valence-electron chi connectivity index (χ0n) is 6.55. The molecule has 2 nitrogen and oxygen atoms in total. The molecule has 0 aromatic carbocycles. The predicted molar refractivity (Wildman–Crippen MR) is 38.7 cm³/mol. The first-order valence-corrected chi connectivity index (χ1v) is 3.26. The van der Waals surface area contributed by atoms with Gasteiger partial charge in [-0.25, -0.2) is 0 Å². The molecule has 0 spiro atoms. The standard InChI is InChI=1S/C7H14N2/c1-6-5-8(3)7(2)9(6)4/h5,7H,1-4H3. The van der Waals surface area contributed by atoms with Crippen LogP contribution in [0.1, 0.15) is 13.8 Å². The molecule has 1 atom stereocenters. The van der Waals surface area contributed by atoms with Gasteiger partial charge in [-0.05, 0) is 13.8 Å². The van der Waals surface area contributed by atoms with E-state index in [4.69, 9.17) is 0 Å². The van der Waals surface area contributed by atoms with Crippen molar-refractivity contribution >= 4 is 0 Å². The largest absolute Gasteiger partial charge is 0.359 e. The Bertz CT molecular complexity index is 140. The predicted octanol–water partition coefficient (Wildman–Crippen LogP) is 1.07. The third kappa shape index (κ3) is 0.889. The van der Waals surface area contributed by atoms with Crippen LogP contribution in [-0.2, 0) is 0 Å². The minimum absolute atomic E-state index is 0.532. The Labute approximate surface area is 56.8 Å². The molecule has 9 heavy (non-hydrogen) atoms. The van der Waals surface area contributed by atoms with Crippen molar-refractivity contribution in [3.63, 3.8) is 0 Å².